The Morgan fingerprint density at radius 1 is 0.868 bits per heavy atom. The minimum atomic E-state index is -4.17. The van der Waals surface area contributed by atoms with Crippen LogP contribution < -0.4 is 14.4 Å². The number of aryl methyl sites for hydroxylation is 1. The van der Waals surface area contributed by atoms with Crippen LogP contribution in [0.15, 0.2) is 108 Å². The Kier molecular flexibility index (Phi) is 8.43. The monoisotopic (exact) mass is 532 g/mol. The van der Waals surface area contributed by atoms with E-state index in [1.807, 2.05) is 68.4 Å². The summed E-state index contributed by atoms with van der Waals surface area (Å²) in [5.74, 6) is -0.500. The molecule has 0 spiro atoms. The van der Waals surface area contributed by atoms with Crippen LogP contribution >= 0.6 is 0 Å². The van der Waals surface area contributed by atoms with E-state index in [-0.39, 0.29) is 10.6 Å². The van der Waals surface area contributed by atoms with Crippen LogP contribution in [0.1, 0.15) is 29.7 Å². The van der Waals surface area contributed by atoms with Crippen LogP contribution in [0.25, 0.3) is 0 Å². The summed E-state index contributed by atoms with van der Waals surface area (Å²) in [5.41, 5.74) is 2.96. The third-order valence-corrected chi connectivity index (χ3v) is 7.76. The molecule has 38 heavy (non-hydrogen) atoms. The van der Waals surface area contributed by atoms with Crippen LogP contribution in [-0.2, 0) is 14.8 Å². The Balaban J connectivity index is 1.66. The number of amides is 1. The molecule has 0 aliphatic heterocycles. The molecule has 1 N–H and O–H groups in total. The smallest absolute Gasteiger partial charge is 0.264 e. The number of sulfonamides is 1. The number of nitrogens with zero attached hydrogens (tertiary/aromatic N) is 1. The maximum atomic E-state index is 13.7. The molecule has 0 heterocycles. The van der Waals surface area contributed by atoms with Gasteiger partial charge in [-0.3, -0.25) is 9.10 Å². The Labute approximate surface area is 222 Å². The molecule has 0 unspecified atom stereocenters. The molecule has 0 saturated heterocycles. The predicted octanol–water partition coefficient (Wildman–Crippen LogP) is 5.63. The van der Waals surface area contributed by atoms with Gasteiger partial charge in [0.15, 0.2) is 0 Å². The molecule has 4 rings (SSSR count). The summed E-state index contributed by atoms with van der Waals surface area (Å²) in [4.78, 5) is 13.4. The maximum Gasteiger partial charge on any atom is 0.264 e. The van der Waals surface area contributed by atoms with E-state index in [4.69, 9.17) is 4.74 Å². The van der Waals surface area contributed by atoms with Crippen molar-refractivity contribution >= 4 is 21.6 Å². The molecule has 1 atom stereocenters. The highest BCUT2D eigenvalue weighted by Crippen LogP contribution is 2.27. The van der Waals surface area contributed by atoms with Gasteiger partial charge in [-0.25, -0.2) is 12.8 Å². The van der Waals surface area contributed by atoms with Crippen molar-refractivity contribution in [1.29, 1.82) is 0 Å². The highest BCUT2D eigenvalue weighted by molar-refractivity contribution is 7.92. The second-order valence-corrected chi connectivity index (χ2v) is 10.6. The number of hydrogen-bond acceptors (Lipinski definition) is 4. The lowest BCUT2D eigenvalue weighted by molar-refractivity contribution is -0.120. The van der Waals surface area contributed by atoms with Crippen molar-refractivity contribution in [2.75, 3.05) is 17.5 Å². The van der Waals surface area contributed by atoms with E-state index in [0.29, 0.717) is 12.4 Å². The van der Waals surface area contributed by atoms with E-state index in [2.05, 4.69) is 5.32 Å². The van der Waals surface area contributed by atoms with Gasteiger partial charge in [-0.05, 0) is 73.5 Å². The van der Waals surface area contributed by atoms with E-state index >= 15 is 0 Å². The van der Waals surface area contributed by atoms with Gasteiger partial charge in [-0.15, -0.1) is 0 Å². The lowest BCUT2D eigenvalue weighted by Gasteiger charge is -2.26. The first-order valence-corrected chi connectivity index (χ1v) is 13.6. The molecule has 196 valence electrons. The molecule has 8 heteroatoms. The first-order chi connectivity index (χ1) is 18.3. The fourth-order valence-corrected chi connectivity index (χ4v) is 5.45. The number of hydrogen-bond donors (Lipinski definition) is 1. The second kappa shape index (κ2) is 11.9. The lowest BCUT2D eigenvalue weighted by Crippen LogP contribution is -2.42. The van der Waals surface area contributed by atoms with Crippen molar-refractivity contribution in [3.63, 3.8) is 0 Å². The number of ether oxygens (including phenoxy) is 1. The third-order valence-electron chi connectivity index (χ3n) is 5.97. The molecule has 0 bridgehead atoms. The highest BCUT2D eigenvalue weighted by atomic mass is 32.2. The molecular weight excluding hydrogens is 503 g/mol. The first kappa shape index (κ1) is 26.9. The number of anilines is 1. The number of rotatable bonds is 10. The summed E-state index contributed by atoms with van der Waals surface area (Å²) in [7, 11) is -4.17. The summed E-state index contributed by atoms with van der Waals surface area (Å²) in [6.45, 7) is 3.75. The average Bonchev–Trinajstić information content (AvgIpc) is 2.92. The first-order valence-electron chi connectivity index (χ1n) is 12.2. The summed E-state index contributed by atoms with van der Waals surface area (Å²) < 4.78 is 47.5. The van der Waals surface area contributed by atoms with Crippen LogP contribution in [0, 0.1) is 12.7 Å². The standard InChI is InChI=1S/C30H29FN2O4S/c1-3-37-27-17-19-28(20-18-27)38(35,36)33(26-15-13-25(31)14-16-26)21-29(34)32-30(23-7-5-4-6-8-23)24-11-9-22(2)10-12-24/h4-20,30H,3,21H2,1-2H3,(H,32,34)/t30-/m1/s1. The zero-order valence-corrected chi connectivity index (χ0v) is 22.0. The van der Waals surface area contributed by atoms with Gasteiger partial charge < -0.3 is 10.1 Å². The van der Waals surface area contributed by atoms with Crippen molar-refractivity contribution in [2.45, 2.75) is 24.8 Å². The average molecular weight is 533 g/mol. The zero-order chi connectivity index (χ0) is 27.1. The fraction of sp³-hybridized carbons (Fsp3) is 0.167. The van der Waals surface area contributed by atoms with Crippen molar-refractivity contribution in [3.8, 4) is 5.75 Å². The van der Waals surface area contributed by atoms with Gasteiger partial charge in [-0.1, -0.05) is 60.2 Å². The van der Waals surface area contributed by atoms with Gasteiger partial charge in [0.1, 0.15) is 18.1 Å². The Bertz CT molecular complexity index is 1460. The molecule has 4 aromatic rings. The fourth-order valence-electron chi connectivity index (χ4n) is 4.02. The minimum absolute atomic E-state index is 0.0174. The normalized spacial score (nSPS) is 12.0. The second-order valence-electron chi connectivity index (χ2n) is 8.71. The Hall–Kier alpha value is -4.17. The van der Waals surface area contributed by atoms with Crippen molar-refractivity contribution in [3.05, 3.63) is 126 Å². The molecule has 1 amide bonds. The topological polar surface area (TPSA) is 75.7 Å². The van der Waals surface area contributed by atoms with Crippen LogP contribution in [0.2, 0.25) is 0 Å². The number of halogens is 1. The molecule has 0 fully saturated rings. The summed E-state index contributed by atoms with van der Waals surface area (Å²) in [6, 6.07) is 27.7. The SMILES string of the molecule is CCOc1ccc(S(=O)(=O)N(CC(=O)N[C@H](c2ccccc2)c2ccc(C)cc2)c2ccc(F)cc2)cc1. The van der Waals surface area contributed by atoms with E-state index in [1.165, 1.54) is 24.3 Å². The van der Waals surface area contributed by atoms with Crippen LogP contribution in [0.4, 0.5) is 10.1 Å². The van der Waals surface area contributed by atoms with E-state index < -0.39 is 34.3 Å². The lowest BCUT2D eigenvalue weighted by atomic mass is 9.98. The molecule has 4 aromatic carbocycles. The minimum Gasteiger partial charge on any atom is -0.494 e. The predicted molar refractivity (Wildman–Crippen MR) is 146 cm³/mol. The molecule has 0 aromatic heterocycles. The van der Waals surface area contributed by atoms with Gasteiger partial charge in [0.05, 0.1) is 23.2 Å². The molecule has 0 radical (unpaired) electrons. The van der Waals surface area contributed by atoms with E-state index in [0.717, 1.165) is 33.1 Å². The van der Waals surface area contributed by atoms with E-state index in [1.54, 1.807) is 12.1 Å². The number of benzene rings is 4. The number of carbonyl (C=O) groups is 1. The summed E-state index contributed by atoms with van der Waals surface area (Å²) in [5, 5.41) is 2.99. The Morgan fingerprint density at radius 3 is 2.08 bits per heavy atom. The summed E-state index contributed by atoms with van der Waals surface area (Å²) in [6.07, 6.45) is 0. The van der Waals surface area contributed by atoms with Gasteiger partial charge in [-0.2, -0.15) is 0 Å². The van der Waals surface area contributed by atoms with Crippen LogP contribution in [0.5, 0.6) is 5.75 Å². The molecule has 0 aliphatic rings. The maximum absolute atomic E-state index is 13.7. The largest absolute Gasteiger partial charge is 0.494 e. The number of nitrogens with one attached hydrogen (secondary N) is 1. The number of carbonyl (C=O) groups excluding carboxylic acids is 1. The van der Waals surface area contributed by atoms with Gasteiger partial charge in [0.2, 0.25) is 5.91 Å². The summed E-state index contributed by atoms with van der Waals surface area (Å²) >= 11 is 0. The van der Waals surface area contributed by atoms with Crippen molar-refractivity contribution < 1.29 is 22.3 Å². The highest BCUT2D eigenvalue weighted by Gasteiger charge is 2.28. The Morgan fingerprint density at radius 2 is 1.47 bits per heavy atom. The quantitative estimate of drug-likeness (QED) is 0.287. The van der Waals surface area contributed by atoms with Crippen molar-refractivity contribution in [1.82, 2.24) is 5.32 Å². The van der Waals surface area contributed by atoms with E-state index in [9.17, 15) is 17.6 Å². The molecule has 0 aliphatic carbocycles. The van der Waals surface area contributed by atoms with Gasteiger partial charge >= 0.3 is 0 Å². The molecule has 0 saturated carbocycles. The third kappa shape index (κ3) is 6.39. The zero-order valence-electron chi connectivity index (χ0n) is 21.2. The van der Waals surface area contributed by atoms with Crippen molar-refractivity contribution in [2.24, 2.45) is 0 Å². The molecule has 6 nitrogen and oxygen atoms in total. The van der Waals surface area contributed by atoms with Crippen LogP contribution in [-0.4, -0.2) is 27.5 Å². The van der Waals surface area contributed by atoms with Gasteiger partial charge in [0, 0.05) is 0 Å². The van der Waals surface area contributed by atoms with Gasteiger partial charge in [0.25, 0.3) is 10.0 Å². The van der Waals surface area contributed by atoms with Crippen LogP contribution in [0.3, 0.4) is 0 Å². The molecular formula is C30H29FN2O4S.